The third-order valence-corrected chi connectivity index (χ3v) is 5.47. The second-order valence-electron chi connectivity index (χ2n) is 4.83. The van der Waals surface area contributed by atoms with E-state index in [-0.39, 0.29) is 19.1 Å². The minimum absolute atomic E-state index is 0.112. The van der Waals surface area contributed by atoms with Crippen LogP contribution < -0.4 is 5.32 Å². The van der Waals surface area contributed by atoms with Crippen LogP contribution in [0.1, 0.15) is 22.2 Å². The fourth-order valence-electron chi connectivity index (χ4n) is 1.89. The molecule has 0 aromatic carbocycles. The van der Waals surface area contributed by atoms with E-state index in [2.05, 4.69) is 21.2 Å². The number of ether oxygens (including phenoxy) is 1. The van der Waals surface area contributed by atoms with Crippen molar-refractivity contribution in [2.45, 2.75) is 19.9 Å². The average molecular weight is 348 g/mol. The summed E-state index contributed by atoms with van der Waals surface area (Å²) in [4.78, 5) is 23.9. The smallest absolute Gasteiger partial charge is 0.313 e. The van der Waals surface area contributed by atoms with Gasteiger partial charge in [0.2, 0.25) is 0 Å². The van der Waals surface area contributed by atoms with Crippen molar-refractivity contribution in [1.29, 1.82) is 0 Å². The van der Waals surface area contributed by atoms with E-state index < -0.39 is 17.4 Å². The number of hydrogen-bond donors (Lipinski definition) is 2. The molecule has 0 bridgehead atoms. The quantitative estimate of drug-likeness (QED) is 0.877. The van der Waals surface area contributed by atoms with E-state index in [9.17, 15) is 14.7 Å². The largest absolute Gasteiger partial charge is 0.481 e. The summed E-state index contributed by atoms with van der Waals surface area (Å²) in [6.07, 6.45) is 0. The van der Waals surface area contributed by atoms with E-state index in [1.165, 1.54) is 11.3 Å². The maximum Gasteiger partial charge on any atom is 0.313 e. The minimum Gasteiger partial charge on any atom is -0.481 e. The van der Waals surface area contributed by atoms with E-state index in [0.717, 1.165) is 9.35 Å². The van der Waals surface area contributed by atoms with Crippen LogP contribution in [0.5, 0.6) is 0 Å². The predicted molar refractivity (Wildman–Crippen MR) is 74.6 cm³/mol. The van der Waals surface area contributed by atoms with Crippen LogP contribution in [0.15, 0.2) is 9.85 Å². The van der Waals surface area contributed by atoms with Crippen LogP contribution in [0.3, 0.4) is 0 Å². The summed E-state index contributed by atoms with van der Waals surface area (Å²) in [6.45, 7) is 3.82. The molecule has 2 atom stereocenters. The van der Waals surface area contributed by atoms with Gasteiger partial charge in [-0.1, -0.05) is 0 Å². The van der Waals surface area contributed by atoms with Gasteiger partial charge >= 0.3 is 5.97 Å². The molecule has 5 nitrogen and oxygen atoms in total. The second-order valence-corrected chi connectivity index (χ2v) is 7.20. The van der Waals surface area contributed by atoms with Gasteiger partial charge in [-0.05, 0) is 41.4 Å². The SMILES string of the molecule is Cc1cc(C(=O)NC2COCC2(C)C(=O)O)sc1Br. The molecule has 0 saturated carbocycles. The van der Waals surface area contributed by atoms with Crippen molar-refractivity contribution in [2.24, 2.45) is 5.41 Å². The van der Waals surface area contributed by atoms with E-state index in [1.807, 2.05) is 6.92 Å². The molecule has 7 heteroatoms. The van der Waals surface area contributed by atoms with Gasteiger partial charge in [-0.15, -0.1) is 11.3 Å². The number of halogens is 1. The van der Waals surface area contributed by atoms with E-state index in [0.29, 0.717) is 4.88 Å². The van der Waals surface area contributed by atoms with E-state index in [4.69, 9.17) is 4.74 Å². The molecular formula is C12H14BrNO4S. The summed E-state index contributed by atoms with van der Waals surface area (Å²) >= 11 is 4.69. The Bertz CT molecular complexity index is 510. The van der Waals surface area contributed by atoms with Crippen molar-refractivity contribution < 1.29 is 19.4 Å². The molecular weight excluding hydrogens is 334 g/mol. The number of nitrogens with one attached hydrogen (secondary N) is 1. The first kappa shape index (κ1) is 14.5. The number of amides is 1. The highest BCUT2D eigenvalue weighted by molar-refractivity contribution is 9.11. The number of aliphatic carboxylic acids is 1. The van der Waals surface area contributed by atoms with Crippen LogP contribution >= 0.6 is 27.3 Å². The third kappa shape index (κ3) is 2.68. The number of carbonyl (C=O) groups excluding carboxylic acids is 1. The summed E-state index contributed by atoms with van der Waals surface area (Å²) in [5.74, 6) is -1.22. The lowest BCUT2D eigenvalue weighted by Gasteiger charge is -2.25. The molecule has 1 amide bonds. The topological polar surface area (TPSA) is 75.6 Å². The number of carboxylic acid groups (broad SMARTS) is 1. The predicted octanol–water partition coefficient (Wildman–Crippen LogP) is 2.04. The van der Waals surface area contributed by atoms with Crippen LogP contribution in [0.25, 0.3) is 0 Å². The van der Waals surface area contributed by atoms with E-state index >= 15 is 0 Å². The van der Waals surface area contributed by atoms with Gasteiger partial charge in [0.1, 0.15) is 5.41 Å². The molecule has 1 fully saturated rings. The van der Waals surface area contributed by atoms with Gasteiger partial charge in [-0.2, -0.15) is 0 Å². The monoisotopic (exact) mass is 347 g/mol. The van der Waals surface area contributed by atoms with Crippen molar-refractivity contribution in [3.05, 3.63) is 20.3 Å². The van der Waals surface area contributed by atoms with E-state index in [1.54, 1.807) is 13.0 Å². The number of carbonyl (C=O) groups is 2. The van der Waals surface area contributed by atoms with Gasteiger partial charge in [0.05, 0.1) is 27.9 Å². The van der Waals surface area contributed by atoms with Crippen molar-refractivity contribution in [2.75, 3.05) is 13.2 Å². The minimum atomic E-state index is -1.07. The zero-order chi connectivity index (χ0) is 14.2. The number of hydrogen-bond acceptors (Lipinski definition) is 4. The Hall–Kier alpha value is -0.920. The molecule has 0 aliphatic carbocycles. The van der Waals surface area contributed by atoms with Gasteiger partial charge in [0.25, 0.3) is 5.91 Å². The first-order chi connectivity index (χ1) is 8.84. The Morgan fingerprint density at radius 3 is 2.84 bits per heavy atom. The Kier molecular flexibility index (Phi) is 3.98. The molecule has 1 aliphatic heterocycles. The fraction of sp³-hybridized carbons (Fsp3) is 0.500. The molecule has 2 N–H and O–H groups in total. The molecule has 2 heterocycles. The molecule has 19 heavy (non-hydrogen) atoms. The lowest BCUT2D eigenvalue weighted by Crippen LogP contribution is -2.49. The fourth-order valence-corrected chi connectivity index (χ4v) is 3.32. The molecule has 1 aliphatic rings. The van der Waals surface area contributed by atoms with Gasteiger partial charge in [-0.25, -0.2) is 0 Å². The maximum atomic E-state index is 12.1. The highest BCUT2D eigenvalue weighted by Gasteiger charge is 2.47. The van der Waals surface area contributed by atoms with Crippen LogP contribution in [0.4, 0.5) is 0 Å². The molecule has 0 spiro atoms. The normalized spacial score (nSPS) is 26.4. The summed E-state index contributed by atoms with van der Waals surface area (Å²) in [7, 11) is 0. The Morgan fingerprint density at radius 2 is 2.32 bits per heavy atom. The number of rotatable bonds is 3. The van der Waals surface area contributed by atoms with Gasteiger partial charge in [0, 0.05) is 0 Å². The first-order valence-electron chi connectivity index (χ1n) is 5.72. The third-order valence-electron chi connectivity index (χ3n) is 3.33. The van der Waals surface area contributed by atoms with Crippen LogP contribution in [0.2, 0.25) is 0 Å². The average Bonchev–Trinajstić information content (AvgIpc) is 2.86. The Balaban J connectivity index is 2.13. The first-order valence-corrected chi connectivity index (χ1v) is 7.33. The van der Waals surface area contributed by atoms with Gasteiger partial charge in [0.15, 0.2) is 0 Å². The number of aryl methyl sites for hydroxylation is 1. The molecule has 0 radical (unpaired) electrons. The Morgan fingerprint density at radius 1 is 1.63 bits per heavy atom. The Labute approximate surface area is 123 Å². The van der Waals surface area contributed by atoms with Crippen LogP contribution in [-0.4, -0.2) is 36.2 Å². The lowest BCUT2D eigenvalue weighted by molar-refractivity contribution is -0.148. The number of carboxylic acids is 1. The molecule has 1 aromatic rings. The zero-order valence-electron chi connectivity index (χ0n) is 10.5. The van der Waals surface area contributed by atoms with Crippen LogP contribution in [0, 0.1) is 12.3 Å². The summed E-state index contributed by atoms with van der Waals surface area (Å²) in [5.41, 5.74) is -0.0852. The molecule has 1 saturated heterocycles. The zero-order valence-corrected chi connectivity index (χ0v) is 12.9. The molecule has 2 unspecified atom stereocenters. The van der Waals surface area contributed by atoms with Crippen molar-refractivity contribution in [3.63, 3.8) is 0 Å². The number of thiophene rings is 1. The van der Waals surface area contributed by atoms with Gasteiger partial charge in [-0.3, -0.25) is 9.59 Å². The maximum absolute atomic E-state index is 12.1. The lowest BCUT2D eigenvalue weighted by atomic mass is 9.85. The summed E-state index contributed by atoms with van der Waals surface area (Å²) in [5, 5.41) is 12.0. The van der Waals surface area contributed by atoms with Crippen molar-refractivity contribution in [3.8, 4) is 0 Å². The van der Waals surface area contributed by atoms with Crippen molar-refractivity contribution >= 4 is 39.1 Å². The summed E-state index contributed by atoms with van der Waals surface area (Å²) in [6, 6.07) is 1.26. The second kappa shape index (κ2) is 5.22. The highest BCUT2D eigenvalue weighted by Crippen LogP contribution is 2.31. The molecule has 104 valence electrons. The molecule has 1 aromatic heterocycles. The molecule has 2 rings (SSSR count). The van der Waals surface area contributed by atoms with Gasteiger partial charge < -0.3 is 15.2 Å². The van der Waals surface area contributed by atoms with Crippen molar-refractivity contribution in [1.82, 2.24) is 5.32 Å². The summed E-state index contributed by atoms with van der Waals surface area (Å²) < 4.78 is 6.10. The standard InChI is InChI=1S/C12H14BrNO4S/c1-6-3-7(19-9(6)13)10(15)14-8-4-18-5-12(8,2)11(16)17/h3,8H,4-5H2,1-2H3,(H,14,15)(H,16,17). The van der Waals surface area contributed by atoms with Crippen LogP contribution in [-0.2, 0) is 9.53 Å². The highest BCUT2D eigenvalue weighted by atomic mass is 79.9.